The predicted octanol–water partition coefficient (Wildman–Crippen LogP) is 1.80. The quantitative estimate of drug-likeness (QED) is 0.848. The molecule has 4 nitrogen and oxygen atoms in total. The summed E-state index contributed by atoms with van der Waals surface area (Å²) >= 11 is 0. The Bertz CT molecular complexity index is 678. The molecule has 22 heavy (non-hydrogen) atoms. The minimum absolute atomic E-state index is 0.0459. The zero-order valence-corrected chi connectivity index (χ0v) is 12.0. The summed E-state index contributed by atoms with van der Waals surface area (Å²) in [5.74, 6) is 0. The molecule has 4 heteroatoms. The number of hydrogen-bond donors (Lipinski definition) is 2. The van der Waals surface area contributed by atoms with E-state index in [1.54, 1.807) is 0 Å². The van der Waals surface area contributed by atoms with E-state index in [1.165, 1.54) is 11.1 Å². The van der Waals surface area contributed by atoms with E-state index in [0.29, 0.717) is 6.04 Å². The lowest BCUT2D eigenvalue weighted by Gasteiger charge is -2.17. The number of ether oxygens (including phenoxy) is 1. The second-order valence-electron chi connectivity index (χ2n) is 6.29. The van der Waals surface area contributed by atoms with Crippen LogP contribution in [0.1, 0.15) is 23.2 Å². The average molecular weight is 294 g/mol. The number of nitrogens with zero attached hydrogens (tertiary/aromatic N) is 1. The smallest absolute Gasteiger partial charge is 0.174 e. The van der Waals surface area contributed by atoms with E-state index in [2.05, 4.69) is 58.7 Å². The van der Waals surface area contributed by atoms with Crippen LogP contribution in [-0.2, 0) is 4.74 Å². The molecule has 0 amide bonds. The van der Waals surface area contributed by atoms with Gasteiger partial charge < -0.3 is 15.2 Å². The summed E-state index contributed by atoms with van der Waals surface area (Å²) in [5.41, 5.74) is 2.55. The van der Waals surface area contributed by atoms with E-state index < -0.39 is 6.29 Å². The Hall–Kier alpha value is -1.72. The van der Waals surface area contributed by atoms with Gasteiger partial charge in [-0.25, -0.2) is 0 Å². The molecule has 0 aliphatic carbocycles. The predicted molar refractivity (Wildman–Crippen MR) is 81.8 cm³/mol. The first kappa shape index (κ1) is 12.8. The van der Waals surface area contributed by atoms with Crippen LogP contribution in [0.25, 0.3) is 0 Å². The molecule has 3 aliphatic rings. The lowest BCUT2D eigenvalue weighted by Crippen LogP contribution is -2.29. The van der Waals surface area contributed by atoms with Gasteiger partial charge in [0.25, 0.3) is 0 Å². The molecule has 0 saturated carbocycles. The molecule has 3 aliphatic heterocycles. The van der Waals surface area contributed by atoms with Crippen molar-refractivity contribution >= 4 is 0 Å². The van der Waals surface area contributed by atoms with Gasteiger partial charge in [-0.15, -0.1) is 0 Å². The van der Waals surface area contributed by atoms with E-state index >= 15 is 0 Å². The molecule has 2 aromatic rings. The number of hydrogen-bond acceptors (Lipinski definition) is 4. The molecule has 2 aromatic carbocycles. The number of rotatable bonds is 3. The largest absolute Gasteiger partial charge is 0.366 e. The van der Waals surface area contributed by atoms with Gasteiger partial charge >= 0.3 is 0 Å². The molecule has 2 N–H and O–H groups in total. The standard InChI is InChI=1S/C18H18N2O2/c21-18-16-15(12-9-5-2-6-10-12)20(16)17(22-18)14-13(19-14)11-7-3-1-4-8-11/h1-10,13-19,21H/t13-,14+,15?,16?,17?,18-,20-/m1/s1. The first-order chi connectivity index (χ1) is 10.8. The fraction of sp³-hybridized carbons (Fsp3) is 0.333. The van der Waals surface area contributed by atoms with Gasteiger partial charge in [0.15, 0.2) is 6.29 Å². The maximum atomic E-state index is 10.2. The molecule has 3 saturated heterocycles. The van der Waals surface area contributed by atoms with Crippen LogP contribution in [-0.4, -0.2) is 34.6 Å². The summed E-state index contributed by atoms with van der Waals surface area (Å²) in [7, 11) is 0. The van der Waals surface area contributed by atoms with Gasteiger partial charge in [-0.2, -0.15) is 0 Å². The van der Waals surface area contributed by atoms with Crippen LogP contribution >= 0.6 is 0 Å². The number of aliphatic hydroxyl groups is 1. The zero-order valence-electron chi connectivity index (χ0n) is 12.0. The number of nitrogens with one attached hydrogen (secondary N) is 1. The van der Waals surface area contributed by atoms with Crippen molar-refractivity contribution in [2.75, 3.05) is 0 Å². The van der Waals surface area contributed by atoms with Crippen molar-refractivity contribution < 1.29 is 9.84 Å². The van der Waals surface area contributed by atoms with Crippen molar-refractivity contribution in [2.24, 2.45) is 0 Å². The molecule has 3 fully saturated rings. The fourth-order valence-corrected chi connectivity index (χ4v) is 3.84. The molecular weight excluding hydrogens is 276 g/mol. The molecule has 112 valence electrons. The summed E-state index contributed by atoms with van der Waals surface area (Å²) in [6.45, 7) is 0. The van der Waals surface area contributed by atoms with E-state index in [1.807, 2.05) is 12.1 Å². The fourth-order valence-electron chi connectivity index (χ4n) is 3.84. The highest BCUT2D eigenvalue weighted by Crippen LogP contribution is 2.55. The van der Waals surface area contributed by atoms with Crippen LogP contribution in [0, 0.1) is 0 Å². The van der Waals surface area contributed by atoms with Gasteiger partial charge in [0.05, 0.1) is 24.2 Å². The van der Waals surface area contributed by atoms with Crippen LogP contribution in [0.15, 0.2) is 60.7 Å². The molecule has 7 atom stereocenters. The van der Waals surface area contributed by atoms with Crippen LogP contribution in [0.2, 0.25) is 0 Å². The highest BCUT2D eigenvalue weighted by Gasteiger charge is 2.66. The van der Waals surface area contributed by atoms with Gasteiger partial charge in [0, 0.05) is 0 Å². The maximum absolute atomic E-state index is 10.2. The minimum atomic E-state index is -0.686. The Morgan fingerprint density at radius 1 is 0.909 bits per heavy atom. The lowest BCUT2D eigenvalue weighted by molar-refractivity contribution is -0.118. The van der Waals surface area contributed by atoms with E-state index in [4.69, 9.17) is 4.74 Å². The monoisotopic (exact) mass is 294 g/mol. The molecule has 0 aromatic heterocycles. The summed E-state index contributed by atoms with van der Waals surface area (Å²) < 4.78 is 5.77. The van der Waals surface area contributed by atoms with Crippen LogP contribution in [0.3, 0.4) is 0 Å². The second-order valence-corrected chi connectivity index (χ2v) is 6.29. The van der Waals surface area contributed by atoms with Gasteiger partial charge in [0.2, 0.25) is 0 Å². The third-order valence-corrected chi connectivity index (χ3v) is 4.99. The van der Waals surface area contributed by atoms with Crippen molar-refractivity contribution in [2.45, 2.75) is 36.7 Å². The minimum Gasteiger partial charge on any atom is -0.366 e. The first-order valence-electron chi connectivity index (χ1n) is 7.81. The average Bonchev–Trinajstić information content (AvgIpc) is 3.47. The zero-order chi connectivity index (χ0) is 14.7. The summed E-state index contributed by atoms with van der Waals surface area (Å²) in [4.78, 5) is 2.29. The maximum Gasteiger partial charge on any atom is 0.174 e. The summed E-state index contributed by atoms with van der Waals surface area (Å²) in [6, 6.07) is 21.8. The highest BCUT2D eigenvalue weighted by molar-refractivity contribution is 5.33. The Kier molecular flexibility index (Phi) is 2.69. The van der Waals surface area contributed by atoms with E-state index in [0.717, 1.165) is 0 Å². The molecule has 5 rings (SSSR count). The van der Waals surface area contributed by atoms with E-state index in [9.17, 15) is 5.11 Å². The van der Waals surface area contributed by atoms with E-state index in [-0.39, 0.29) is 24.4 Å². The Morgan fingerprint density at radius 2 is 1.55 bits per heavy atom. The van der Waals surface area contributed by atoms with Crippen LogP contribution in [0.4, 0.5) is 0 Å². The molecule has 3 heterocycles. The summed E-state index contributed by atoms with van der Waals surface area (Å²) in [6.07, 6.45) is -0.732. The van der Waals surface area contributed by atoms with Crippen molar-refractivity contribution in [1.29, 1.82) is 0 Å². The SMILES string of the molecule is O[C@@H]1OC([C@H]2N[C@@H]2c2ccccc2)[N@]2C(c3ccccc3)C12. The van der Waals surface area contributed by atoms with Crippen LogP contribution in [0.5, 0.6) is 0 Å². The third kappa shape index (κ3) is 1.85. The third-order valence-electron chi connectivity index (χ3n) is 4.99. The second kappa shape index (κ2) is 4.64. The van der Waals surface area contributed by atoms with Crippen LogP contribution < -0.4 is 5.32 Å². The lowest BCUT2D eigenvalue weighted by atomic mass is 10.1. The van der Waals surface area contributed by atoms with Gasteiger partial charge in [-0.05, 0) is 11.1 Å². The number of aliphatic hydroxyl groups excluding tert-OH is 1. The van der Waals surface area contributed by atoms with Crippen molar-refractivity contribution in [3.8, 4) is 0 Å². The molecule has 0 radical (unpaired) electrons. The Balaban J connectivity index is 1.35. The normalized spacial score (nSPS) is 42.0. The first-order valence-corrected chi connectivity index (χ1v) is 7.81. The topological polar surface area (TPSA) is 54.4 Å². The highest BCUT2D eigenvalue weighted by atomic mass is 16.6. The van der Waals surface area contributed by atoms with Gasteiger partial charge in [0.1, 0.15) is 6.23 Å². The number of benzene rings is 2. The molecule has 0 spiro atoms. The van der Waals surface area contributed by atoms with Gasteiger partial charge in [-0.1, -0.05) is 60.7 Å². The molecular formula is C18H18N2O2. The van der Waals surface area contributed by atoms with Crippen molar-refractivity contribution in [3.63, 3.8) is 0 Å². The van der Waals surface area contributed by atoms with Crippen molar-refractivity contribution in [1.82, 2.24) is 10.2 Å². The van der Waals surface area contributed by atoms with Crippen molar-refractivity contribution in [3.05, 3.63) is 71.8 Å². The van der Waals surface area contributed by atoms with Gasteiger partial charge in [-0.3, -0.25) is 4.90 Å². The number of fused-ring (bicyclic) bond motifs is 1. The summed E-state index contributed by atoms with van der Waals surface area (Å²) in [5, 5.41) is 13.7. The Morgan fingerprint density at radius 3 is 2.23 bits per heavy atom. The Labute approximate surface area is 129 Å². The molecule has 3 unspecified atom stereocenters. The molecule has 0 bridgehead atoms.